The van der Waals surface area contributed by atoms with E-state index in [-0.39, 0.29) is 5.69 Å². The minimum atomic E-state index is -0.917. The molecule has 1 N–H and O–H groups in total. The number of carboxylic acids is 1. The van der Waals surface area contributed by atoms with Crippen molar-refractivity contribution in [2.45, 2.75) is 51.7 Å². The molecular weight excluding hydrogens is 312 g/mol. The fourth-order valence-electron chi connectivity index (χ4n) is 3.29. The number of aromatic carboxylic acids is 1. The molecule has 1 atom stereocenters. The molecule has 6 nitrogen and oxygen atoms in total. The second-order valence-corrected chi connectivity index (χ2v) is 7.02. The first-order chi connectivity index (χ1) is 11.1. The van der Waals surface area contributed by atoms with E-state index in [0.29, 0.717) is 6.04 Å². The standard InChI is InChI=1S/C16H22N4O2S/c1-3-7-20-13-5-4-11(9-12(13)15(18-20)16(21)22)19(2)10-14-17-6-8-23-14/h6,8,11H,3-5,7,9-10H2,1-2H3,(H,21,22). The second-order valence-electron chi connectivity index (χ2n) is 6.04. The molecule has 0 saturated carbocycles. The number of hydrogen-bond donors (Lipinski definition) is 1. The van der Waals surface area contributed by atoms with Crippen molar-refractivity contribution in [2.75, 3.05) is 7.05 Å². The van der Waals surface area contributed by atoms with E-state index in [4.69, 9.17) is 0 Å². The predicted molar refractivity (Wildman–Crippen MR) is 88.9 cm³/mol. The number of hydrogen-bond acceptors (Lipinski definition) is 5. The fourth-order valence-corrected chi connectivity index (χ4v) is 3.97. The average molecular weight is 334 g/mol. The van der Waals surface area contributed by atoms with Crippen molar-refractivity contribution in [3.8, 4) is 0 Å². The lowest BCUT2D eigenvalue weighted by molar-refractivity contribution is 0.0687. The number of likely N-dealkylation sites (N-methyl/N-ethyl adjacent to an activating group) is 1. The van der Waals surface area contributed by atoms with Gasteiger partial charge in [0.15, 0.2) is 5.69 Å². The van der Waals surface area contributed by atoms with Gasteiger partial charge < -0.3 is 5.11 Å². The Morgan fingerprint density at radius 2 is 2.39 bits per heavy atom. The van der Waals surface area contributed by atoms with Gasteiger partial charge in [0, 0.05) is 35.4 Å². The van der Waals surface area contributed by atoms with E-state index in [1.165, 1.54) is 0 Å². The molecule has 0 aromatic carbocycles. The zero-order valence-electron chi connectivity index (χ0n) is 13.5. The molecule has 0 radical (unpaired) electrons. The van der Waals surface area contributed by atoms with Crippen molar-refractivity contribution in [1.29, 1.82) is 0 Å². The summed E-state index contributed by atoms with van der Waals surface area (Å²) < 4.78 is 1.90. The predicted octanol–water partition coefficient (Wildman–Crippen LogP) is 2.44. The van der Waals surface area contributed by atoms with Crippen LogP contribution in [0.4, 0.5) is 0 Å². The summed E-state index contributed by atoms with van der Waals surface area (Å²) in [5.41, 5.74) is 2.28. The van der Waals surface area contributed by atoms with Gasteiger partial charge in [-0.15, -0.1) is 11.3 Å². The zero-order valence-corrected chi connectivity index (χ0v) is 14.3. The van der Waals surface area contributed by atoms with Crippen molar-refractivity contribution >= 4 is 17.3 Å². The van der Waals surface area contributed by atoms with Crippen LogP contribution in [-0.4, -0.2) is 43.8 Å². The normalized spacial score (nSPS) is 17.4. The Hall–Kier alpha value is -1.73. The molecule has 0 aliphatic heterocycles. The van der Waals surface area contributed by atoms with Crippen LogP contribution in [0.2, 0.25) is 0 Å². The molecule has 2 heterocycles. The maximum absolute atomic E-state index is 11.5. The van der Waals surface area contributed by atoms with Crippen LogP contribution in [0.25, 0.3) is 0 Å². The highest BCUT2D eigenvalue weighted by molar-refractivity contribution is 7.09. The summed E-state index contributed by atoms with van der Waals surface area (Å²) in [6.07, 6.45) is 5.46. The summed E-state index contributed by atoms with van der Waals surface area (Å²) >= 11 is 1.66. The molecule has 0 spiro atoms. The molecule has 23 heavy (non-hydrogen) atoms. The first kappa shape index (κ1) is 16.1. The lowest BCUT2D eigenvalue weighted by atomic mass is 9.90. The molecule has 1 unspecified atom stereocenters. The molecule has 1 aliphatic rings. The summed E-state index contributed by atoms with van der Waals surface area (Å²) in [7, 11) is 2.09. The van der Waals surface area contributed by atoms with Crippen LogP contribution in [0, 0.1) is 0 Å². The number of aromatic nitrogens is 3. The molecule has 0 saturated heterocycles. The van der Waals surface area contributed by atoms with E-state index in [1.54, 1.807) is 11.3 Å². The van der Waals surface area contributed by atoms with Crippen LogP contribution >= 0.6 is 11.3 Å². The van der Waals surface area contributed by atoms with Gasteiger partial charge in [-0.25, -0.2) is 9.78 Å². The Morgan fingerprint density at radius 1 is 1.57 bits per heavy atom. The van der Waals surface area contributed by atoms with Gasteiger partial charge in [-0.1, -0.05) is 6.92 Å². The number of carbonyl (C=O) groups is 1. The number of aryl methyl sites for hydroxylation is 1. The molecular formula is C16H22N4O2S. The van der Waals surface area contributed by atoms with Gasteiger partial charge in [0.05, 0.1) is 6.54 Å². The van der Waals surface area contributed by atoms with E-state index < -0.39 is 5.97 Å². The molecule has 2 aromatic heterocycles. The third-order valence-corrected chi connectivity index (χ3v) is 5.21. The molecule has 1 aliphatic carbocycles. The number of rotatable bonds is 6. The summed E-state index contributed by atoms with van der Waals surface area (Å²) in [5.74, 6) is -0.917. The second kappa shape index (κ2) is 6.80. The van der Waals surface area contributed by atoms with Crippen molar-refractivity contribution < 1.29 is 9.90 Å². The Balaban J connectivity index is 1.80. The maximum atomic E-state index is 11.5. The van der Waals surface area contributed by atoms with Crippen LogP contribution in [0.1, 0.15) is 46.5 Å². The highest BCUT2D eigenvalue weighted by Gasteiger charge is 2.30. The topological polar surface area (TPSA) is 71.2 Å². The maximum Gasteiger partial charge on any atom is 0.356 e. The highest BCUT2D eigenvalue weighted by Crippen LogP contribution is 2.28. The lowest BCUT2D eigenvalue weighted by Gasteiger charge is -2.31. The number of carboxylic acid groups (broad SMARTS) is 1. The van der Waals surface area contributed by atoms with Gasteiger partial charge in [-0.2, -0.15) is 5.10 Å². The Morgan fingerprint density at radius 3 is 3.04 bits per heavy atom. The van der Waals surface area contributed by atoms with Crippen molar-refractivity contribution in [3.63, 3.8) is 0 Å². The van der Waals surface area contributed by atoms with Crippen molar-refractivity contribution in [3.05, 3.63) is 33.5 Å². The number of nitrogens with zero attached hydrogens (tertiary/aromatic N) is 4. The first-order valence-corrected chi connectivity index (χ1v) is 8.88. The first-order valence-electron chi connectivity index (χ1n) is 8.00. The van der Waals surface area contributed by atoms with Crippen LogP contribution in [0.3, 0.4) is 0 Å². The van der Waals surface area contributed by atoms with E-state index in [9.17, 15) is 9.90 Å². The van der Waals surface area contributed by atoms with Crippen LogP contribution in [0.5, 0.6) is 0 Å². The quantitative estimate of drug-likeness (QED) is 0.878. The molecule has 3 rings (SSSR count). The van der Waals surface area contributed by atoms with Gasteiger partial charge in [0.25, 0.3) is 0 Å². The Labute approximate surface area is 139 Å². The van der Waals surface area contributed by atoms with Gasteiger partial charge in [-0.05, 0) is 32.7 Å². The lowest BCUT2D eigenvalue weighted by Crippen LogP contribution is -2.36. The van der Waals surface area contributed by atoms with E-state index in [2.05, 4.69) is 29.0 Å². The Kier molecular flexibility index (Phi) is 4.77. The van der Waals surface area contributed by atoms with Crippen LogP contribution in [0.15, 0.2) is 11.6 Å². The number of fused-ring (bicyclic) bond motifs is 1. The minimum absolute atomic E-state index is 0.237. The smallest absolute Gasteiger partial charge is 0.356 e. The summed E-state index contributed by atoms with van der Waals surface area (Å²) in [6.45, 7) is 3.68. The van der Waals surface area contributed by atoms with Gasteiger partial charge in [0.2, 0.25) is 0 Å². The largest absolute Gasteiger partial charge is 0.476 e. The number of thiazole rings is 1. The fraction of sp³-hybridized carbons (Fsp3) is 0.562. The van der Waals surface area contributed by atoms with Gasteiger partial charge >= 0.3 is 5.97 Å². The SMILES string of the molecule is CCCn1nc(C(=O)O)c2c1CCC(N(C)Cc1nccs1)C2. The molecule has 0 amide bonds. The van der Waals surface area contributed by atoms with Crippen molar-refractivity contribution in [2.24, 2.45) is 0 Å². The van der Waals surface area contributed by atoms with Crippen LogP contribution < -0.4 is 0 Å². The minimum Gasteiger partial charge on any atom is -0.476 e. The zero-order chi connectivity index (χ0) is 16.4. The molecule has 7 heteroatoms. The van der Waals surface area contributed by atoms with Crippen LogP contribution in [-0.2, 0) is 25.9 Å². The van der Waals surface area contributed by atoms with E-state index in [0.717, 1.165) is 55.0 Å². The van der Waals surface area contributed by atoms with Gasteiger partial charge in [0.1, 0.15) is 5.01 Å². The van der Waals surface area contributed by atoms with E-state index >= 15 is 0 Å². The molecule has 2 aromatic rings. The Bertz CT molecular complexity index is 681. The molecule has 0 bridgehead atoms. The van der Waals surface area contributed by atoms with Gasteiger partial charge in [-0.3, -0.25) is 9.58 Å². The summed E-state index contributed by atoms with van der Waals surface area (Å²) in [6, 6.07) is 0.337. The third-order valence-electron chi connectivity index (χ3n) is 4.45. The van der Waals surface area contributed by atoms with E-state index in [1.807, 2.05) is 16.3 Å². The van der Waals surface area contributed by atoms with Crippen molar-refractivity contribution in [1.82, 2.24) is 19.7 Å². The average Bonchev–Trinajstić information content (AvgIpc) is 3.15. The third kappa shape index (κ3) is 3.30. The summed E-state index contributed by atoms with van der Waals surface area (Å²) in [5, 5.41) is 16.9. The highest BCUT2D eigenvalue weighted by atomic mass is 32.1. The monoisotopic (exact) mass is 334 g/mol. The molecule has 124 valence electrons. The molecule has 0 fully saturated rings. The summed E-state index contributed by atoms with van der Waals surface area (Å²) in [4.78, 5) is 18.1.